The smallest absolute Gasteiger partial charge is 0.407 e. The molecule has 1 saturated carbocycles. The second-order valence-corrected chi connectivity index (χ2v) is 9.60. The number of amides is 1. The maximum atomic E-state index is 13.6. The van der Waals surface area contributed by atoms with Gasteiger partial charge in [-0.1, -0.05) is 0 Å². The number of carbonyl (C=O) groups is 1. The van der Waals surface area contributed by atoms with Crippen molar-refractivity contribution in [3.05, 3.63) is 40.0 Å². The summed E-state index contributed by atoms with van der Waals surface area (Å²) in [4.78, 5) is 35.0. The van der Waals surface area contributed by atoms with E-state index >= 15 is 0 Å². The highest BCUT2D eigenvalue weighted by molar-refractivity contribution is 5.68. The van der Waals surface area contributed by atoms with Crippen molar-refractivity contribution < 1.29 is 23.6 Å². The molecule has 0 aliphatic heterocycles. The molecule has 12 nitrogen and oxygen atoms in total. The molecule has 1 fully saturated rings. The minimum atomic E-state index is -0.550. The summed E-state index contributed by atoms with van der Waals surface area (Å²) in [5.74, 6) is 0.224. The zero-order valence-electron chi connectivity index (χ0n) is 20.8. The van der Waals surface area contributed by atoms with Crippen LogP contribution in [0.5, 0.6) is 5.88 Å². The minimum Gasteiger partial charge on any atom is -0.481 e. The zero-order valence-corrected chi connectivity index (χ0v) is 20.8. The van der Waals surface area contributed by atoms with Gasteiger partial charge in [-0.25, -0.2) is 19.2 Å². The molecular weight excluding hydrogens is 473 g/mol. The van der Waals surface area contributed by atoms with Crippen molar-refractivity contribution in [2.75, 3.05) is 24.3 Å². The highest BCUT2D eigenvalue weighted by atomic mass is 19.1. The van der Waals surface area contributed by atoms with Gasteiger partial charge in [-0.15, -0.1) is 0 Å². The number of nitrogens with one attached hydrogen (secondary N) is 3. The minimum absolute atomic E-state index is 0.0367. The summed E-state index contributed by atoms with van der Waals surface area (Å²) in [6.45, 7) is 6.05. The molecule has 0 atom stereocenters. The number of hydrogen-bond donors (Lipinski definition) is 3. The molecular formula is C23H32FN7O5. The molecule has 0 aromatic carbocycles. The lowest BCUT2D eigenvalue weighted by atomic mass is 9.86. The molecule has 3 rings (SSSR count). The van der Waals surface area contributed by atoms with Gasteiger partial charge in [-0.05, 0) is 58.4 Å². The van der Waals surface area contributed by atoms with Crippen LogP contribution >= 0.6 is 0 Å². The van der Waals surface area contributed by atoms with Crippen molar-refractivity contribution in [1.82, 2.24) is 20.3 Å². The van der Waals surface area contributed by atoms with Crippen LogP contribution in [0.15, 0.2) is 18.5 Å². The summed E-state index contributed by atoms with van der Waals surface area (Å²) in [5.41, 5.74) is -0.345. The topological polar surface area (TPSA) is 153 Å². The number of nitro groups is 1. The summed E-state index contributed by atoms with van der Waals surface area (Å²) in [6.07, 6.45) is 5.00. The number of ether oxygens (including phenoxy) is 2. The molecule has 1 aliphatic carbocycles. The van der Waals surface area contributed by atoms with Crippen LogP contribution in [-0.2, 0) is 11.3 Å². The highest BCUT2D eigenvalue weighted by Gasteiger charge is 2.26. The summed E-state index contributed by atoms with van der Waals surface area (Å²) < 4.78 is 24.0. The number of rotatable bonds is 9. The van der Waals surface area contributed by atoms with E-state index in [1.165, 1.54) is 13.2 Å². The SMILES string of the molecule is COc1ncc(F)cc1CNc1ncc([N+](=O)[O-])c(NCC2CCC(NC(=O)OC(C)(C)C)CC2)n1. The molecule has 2 heterocycles. The molecule has 1 aliphatic rings. The lowest BCUT2D eigenvalue weighted by molar-refractivity contribution is -0.384. The molecule has 36 heavy (non-hydrogen) atoms. The van der Waals surface area contributed by atoms with Gasteiger partial charge in [0.2, 0.25) is 17.6 Å². The summed E-state index contributed by atoms with van der Waals surface area (Å²) in [7, 11) is 1.43. The number of halogens is 1. The Morgan fingerprint density at radius 2 is 1.92 bits per heavy atom. The van der Waals surface area contributed by atoms with Crippen LogP contribution in [0.1, 0.15) is 52.0 Å². The van der Waals surface area contributed by atoms with Gasteiger partial charge in [0.05, 0.1) is 18.2 Å². The fourth-order valence-corrected chi connectivity index (χ4v) is 3.90. The Morgan fingerprint density at radius 3 is 2.56 bits per heavy atom. The summed E-state index contributed by atoms with van der Waals surface area (Å²) in [5, 5.41) is 20.4. The van der Waals surface area contributed by atoms with Crippen LogP contribution < -0.4 is 20.7 Å². The van der Waals surface area contributed by atoms with Crippen LogP contribution in [0.4, 0.5) is 26.6 Å². The third-order valence-corrected chi connectivity index (χ3v) is 5.61. The number of nitrogens with zero attached hydrogens (tertiary/aromatic N) is 4. The first-order chi connectivity index (χ1) is 17.0. The van der Waals surface area contributed by atoms with E-state index in [0.717, 1.165) is 38.1 Å². The number of aromatic nitrogens is 3. The molecule has 0 unspecified atom stereocenters. The first-order valence-corrected chi connectivity index (χ1v) is 11.7. The predicted molar refractivity (Wildman–Crippen MR) is 130 cm³/mol. The average molecular weight is 506 g/mol. The van der Waals surface area contributed by atoms with E-state index in [2.05, 4.69) is 30.9 Å². The lowest BCUT2D eigenvalue weighted by Gasteiger charge is -2.30. The Kier molecular flexibility index (Phi) is 8.78. The molecule has 0 saturated heterocycles. The normalized spacial score (nSPS) is 17.7. The standard InChI is InChI=1S/C23H32FN7O5/c1-23(2,3)36-22(32)29-17-7-5-14(6-8-17)10-25-19-18(31(33)34)13-28-21(30-19)27-11-15-9-16(24)12-26-20(15)35-4/h9,12-14,17H,5-8,10-11H2,1-4H3,(H,29,32)(H2,25,27,28,30). The van der Waals surface area contributed by atoms with Gasteiger partial charge in [-0.2, -0.15) is 4.98 Å². The maximum Gasteiger partial charge on any atom is 0.407 e. The Bertz CT molecular complexity index is 1070. The first kappa shape index (κ1) is 26.8. The second kappa shape index (κ2) is 11.8. The molecule has 2 aromatic rings. The number of methoxy groups -OCH3 is 1. The Labute approximate surface area is 208 Å². The first-order valence-electron chi connectivity index (χ1n) is 11.7. The van der Waals surface area contributed by atoms with E-state index < -0.39 is 22.4 Å². The van der Waals surface area contributed by atoms with Crippen molar-refractivity contribution in [1.29, 1.82) is 0 Å². The number of hydrogen-bond acceptors (Lipinski definition) is 10. The second-order valence-electron chi connectivity index (χ2n) is 9.60. The third-order valence-electron chi connectivity index (χ3n) is 5.61. The van der Waals surface area contributed by atoms with E-state index in [4.69, 9.17) is 9.47 Å². The van der Waals surface area contributed by atoms with Crippen molar-refractivity contribution in [2.24, 2.45) is 5.92 Å². The fourth-order valence-electron chi connectivity index (χ4n) is 3.90. The Hall–Kier alpha value is -3.77. The zero-order chi connectivity index (χ0) is 26.3. The molecule has 0 radical (unpaired) electrons. The van der Waals surface area contributed by atoms with Crippen LogP contribution in [-0.4, -0.2) is 51.3 Å². The Balaban J connectivity index is 1.56. The van der Waals surface area contributed by atoms with Gasteiger partial charge < -0.3 is 25.4 Å². The predicted octanol–water partition coefficient (Wildman–Crippen LogP) is 4.04. The molecule has 3 N–H and O–H groups in total. The van der Waals surface area contributed by atoms with Crippen molar-refractivity contribution in [3.8, 4) is 5.88 Å². The van der Waals surface area contributed by atoms with E-state index in [1.807, 2.05) is 20.8 Å². The molecule has 1 amide bonds. The molecule has 0 spiro atoms. The Morgan fingerprint density at radius 1 is 1.19 bits per heavy atom. The third kappa shape index (κ3) is 7.89. The largest absolute Gasteiger partial charge is 0.481 e. The van der Waals surface area contributed by atoms with Gasteiger partial charge in [0.1, 0.15) is 17.6 Å². The molecule has 2 aromatic heterocycles. The van der Waals surface area contributed by atoms with E-state index in [9.17, 15) is 19.3 Å². The van der Waals surface area contributed by atoms with E-state index in [-0.39, 0.29) is 41.8 Å². The summed E-state index contributed by atoms with van der Waals surface area (Å²) >= 11 is 0. The number of anilines is 2. The van der Waals surface area contributed by atoms with Crippen LogP contribution in [0, 0.1) is 21.8 Å². The van der Waals surface area contributed by atoms with Crippen LogP contribution in [0.3, 0.4) is 0 Å². The maximum absolute atomic E-state index is 13.6. The van der Waals surface area contributed by atoms with Gasteiger partial charge in [-0.3, -0.25) is 10.1 Å². The van der Waals surface area contributed by atoms with Crippen molar-refractivity contribution in [2.45, 2.75) is 64.6 Å². The van der Waals surface area contributed by atoms with Crippen molar-refractivity contribution >= 4 is 23.5 Å². The van der Waals surface area contributed by atoms with Crippen LogP contribution in [0.25, 0.3) is 0 Å². The number of alkyl carbamates (subject to hydrolysis) is 1. The van der Waals surface area contributed by atoms with E-state index in [1.54, 1.807) is 0 Å². The number of carbonyl (C=O) groups excluding carboxylic acids is 1. The van der Waals surface area contributed by atoms with E-state index in [0.29, 0.717) is 12.1 Å². The number of pyridine rings is 1. The average Bonchev–Trinajstić information content (AvgIpc) is 2.81. The van der Waals surface area contributed by atoms with Crippen LogP contribution in [0.2, 0.25) is 0 Å². The molecule has 13 heteroatoms. The van der Waals surface area contributed by atoms with Gasteiger partial charge in [0.15, 0.2) is 0 Å². The molecule has 0 bridgehead atoms. The van der Waals surface area contributed by atoms with Gasteiger partial charge in [0, 0.05) is 24.7 Å². The highest BCUT2D eigenvalue weighted by Crippen LogP contribution is 2.28. The quantitative estimate of drug-likeness (QED) is 0.336. The molecule has 196 valence electrons. The fraction of sp³-hybridized carbons (Fsp3) is 0.565. The lowest BCUT2D eigenvalue weighted by Crippen LogP contribution is -2.41. The van der Waals surface area contributed by atoms with Gasteiger partial charge in [0.25, 0.3) is 0 Å². The van der Waals surface area contributed by atoms with Gasteiger partial charge >= 0.3 is 11.8 Å². The monoisotopic (exact) mass is 505 g/mol. The summed E-state index contributed by atoms with van der Waals surface area (Å²) in [6, 6.07) is 1.31. The van der Waals surface area contributed by atoms with Crippen molar-refractivity contribution in [3.63, 3.8) is 0 Å².